The van der Waals surface area contributed by atoms with Gasteiger partial charge < -0.3 is 5.32 Å². The summed E-state index contributed by atoms with van der Waals surface area (Å²) >= 11 is 6.14. The lowest BCUT2D eigenvalue weighted by Gasteiger charge is -2.10. The average molecular weight is 376 g/mol. The summed E-state index contributed by atoms with van der Waals surface area (Å²) < 4.78 is 3.34. The molecule has 9 heteroatoms. The first kappa shape index (κ1) is 17.9. The molecule has 1 amide bonds. The third kappa shape index (κ3) is 2.92. The number of benzene rings is 1. The van der Waals surface area contributed by atoms with Gasteiger partial charge in [-0.1, -0.05) is 23.7 Å². The minimum Gasteiger partial charge on any atom is -0.325 e. The number of carbonyl (C=O) groups is 1. The van der Waals surface area contributed by atoms with Crippen LogP contribution in [-0.4, -0.2) is 24.4 Å². The molecule has 0 spiro atoms. The number of nitrogens with one attached hydrogen (secondary N) is 1. The van der Waals surface area contributed by atoms with E-state index in [-0.39, 0.29) is 29.0 Å². The summed E-state index contributed by atoms with van der Waals surface area (Å²) in [6, 6.07) is 5.74. The van der Waals surface area contributed by atoms with Gasteiger partial charge in [0, 0.05) is 19.8 Å². The van der Waals surface area contributed by atoms with E-state index in [2.05, 4.69) is 10.3 Å². The van der Waals surface area contributed by atoms with Gasteiger partial charge in [0.25, 0.3) is 0 Å². The van der Waals surface area contributed by atoms with E-state index in [1.54, 1.807) is 0 Å². The van der Waals surface area contributed by atoms with Crippen molar-refractivity contribution in [1.29, 1.82) is 0 Å². The van der Waals surface area contributed by atoms with Crippen LogP contribution in [0.25, 0.3) is 5.78 Å². The highest BCUT2D eigenvalue weighted by molar-refractivity contribution is 6.30. The predicted octanol–water partition coefficient (Wildman–Crippen LogP) is 1.18. The van der Waals surface area contributed by atoms with Crippen LogP contribution in [0.1, 0.15) is 16.8 Å². The highest BCUT2D eigenvalue weighted by Gasteiger charge is 2.20. The van der Waals surface area contributed by atoms with Crippen LogP contribution in [0.2, 0.25) is 5.15 Å². The third-order valence-electron chi connectivity index (χ3n) is 4.25. The monoisotopic (exact) mass is 375 g/mol. The number of fused-ring (bicyclic) bond motifs is 1. The van der Waals surface area contributed by atoms with Gasteiger partial charge in [-0.15, -0.1) is 0 Å². The van der Waals surface area contributed by atoms with E-state index in [9.17, 15) is 14.4 Å². The van der Waals surface area contributed by atoms with Crippen molar-refractivity contribution in [3.63, 3.8) is 0 Å². The van der Waals surface area contributed by atoms with Gasteiger partial charge in [-0.2, -0.15) is 4.98 Å². The first-order valence-corrected chi connectivity index (χ1v) is 8.28. The largest absolute Gasteiger partial charge is 0.339 e. The summed E-state index contributed by atoms with van der Waals surface area (Å²) in [7, 11) is 2.85. The van der Waals surface area contributed by atoms with E-state index in [1.165, 1.54) is 23.1 Å². The Labute approximate surface area is 153 Å². The fraction of sp³-hybridized carbons (Fsp3) is 0.294. The van der Waals surface area contributed by atoms with Gasteiger partial charge in [0.15, 0.2) is 5.15 Å². The second-order valence-electron chi connectivity index (χ2n) is 6.21. The molecule has 0 saturated carbocycles. The zero-order chi connectivity index (χ0) is 19.2. The summed E-state index contributed by atoms with van der Waals surface area (Å²) in [5.74, 6) is -0.240. The molecular formula is C17H18ClN5O3. The number of nitrogens with zero attached hydrogens (tertiary/aromatic N) is 4. The van der Waals surface area contributed by atoms with E-state index in [1.807, 2.05) is 32.0 Å². The molecule has 0 radical (unpaired) electrons. The number of imidazole rings is 1. The zero-order valence-corrected chi connectivity index (χ0v) is 15.6. The summed E-state index contributed by atoms with van der Waals surface area (Å²) in [5.41, 5.74) is 1.75. The molecular weight excluding hydrogens is 358 g/mol. The Balaban J connectivity index is 2.03. The maximum Gasteiger partial charge on any atom is 0.339 e. The Kier molecular flexibility index (Phi) is 4.45. The van der Waals surface area contributed by atoms with Crippen LogP contribution in [0.4, 0.5) is 5.69 Å². The first-order chi connectivity index (χ1) is 12.2. The van der Waals surface area contributed by atoms with Gasteiger partial charge in [0.05, 0.1) is 12.1 Å². The van der Waals surface area contributed by atoms with Crippen LogP contribution in [0.5, 0.6) is 0 Å². The lowest BCUT2D eigenvalue weighted by molar-refractivity contribution is -0.115. The van der Waals surface area contributed by atoms with Gasteiger partial charge in [-0.05, 0) is 31.0 Å². The number of anilines is 1. The van der Waals surface area contributed by atoms with E-state index in [4.69, 9.17) is 11.6 Å². The number of aromatic nitrogens is 4. The normalized spacial score (nSPS) is 11.1. The molecule has 0 bridgehead atoms. The second kappa shape index (κ2) is 6.45. The van der Waals surface area contributed by atoms with Crippen molar-refractivity contribution in [3.05, 3.63) is 61.1 Å². The molecule has 2 heterocycles. The quantitative estimate of drug-likeness (QED) is 0.744. The Morgan fingerprint density at radius 2 is 1.85 bits per heavy atom. The lowest BCUT2D eigenvalue weighted by Crippen LogP contribution is -2.41. The Morgan fingerprint density at radius 3 is 2.54 bits per heavy atom. The molecule has 3 rings (SSSR count). The van der Waals surface area contributed by atoms with E-state index < -0.39 is 11.4 Å². The number of rotatable bonds is 3. The SMILES string of the molecule is Cc1ccc(C)c(NC(=O)Cc2c(Cl)nc3n(C)c(=O)n(C)c(=O)n23)c1. The maximum atomic E-state index is 12.5. The average Bonchev–Trinajstić information content (AvgIpc) is 2.91. The molecule has 1 aromatic carbocycles. The van der Waals surface area contributed by atoms with E-state index >= 15 is 0 Å². The Hall–Kier alpha value is -2.87. The second-order valence-corrected chi connectivity index (χ2v) is 6.57. The van der Waals surface area contributed by atoms with Gasteiger partial charge in [-0.25, -0.2) is 18.6 Å². The molecule has 3 aromatic rings. The molecule has 2 aromatic heterocycles. The van der Waals surface area contributed by atoms with Crippen molar-refractivity contribution < 1.29 is 4.79 Å². The van der Waals surface area contributed by atoms with Gasteiger partial charge in [-0.3, -0.25) is 9.36 Å². The number of hydrogen-bond acceptors (Lipinski definition) is 4. The number of halogens is 1. The van der Waals surface area contributed by atoms with Crippen LogP contribution in [0.15, 0.2) is 27.8 Å². The first-order valence-electron chi connectivity index (χ1n) is 7.90. The topological polar surface area (TPSA) is 90.4 Å². The maximum absolute atomic E-state index is 12.5. The Morgan fingerprint density at radius 1 is 1.15 bits per heavy atom. The van der Waals surface area contributed by atoms with Gasteiger partial charge >= 0.3 is 11.4 Å². The zero-order valence-electron chi connectivity index (χ0n) is 14.8. The summed E-state index contributed by atoms with van der Waals surface area (Å²) in [5, 5.41) is 2.84. The molecule has 1 N–H and O–H groups in total. The highest BCUT2D eigenvalue weighted by Crippen LogP contribution is 2.19. The van der Waals surface area contributed by atoms with Crippen molar-refractivity contribution in [3.8, 4) is 0 Å². The van der Waals surface area contributed by atoms with Crippen molar-refractivity contribution in [2.75, 3.05) is 5.32 Å². The molecule has 0 unspecified atom stereocenters. The van der Waals surface area contributed by atoms with Crippen molar-refractivity contribution >= 4 is 29.0 Å². The van der Waals surface area contributed by atoms with Crippen LogP contribution in [0.3, 0.4) is 0 Å². The molecule has 0 atom stereocenters. The van der Waals surface area contributed by atoms with Gasteiger partial charge in [0.1, 0.15) is 0 Å². The molecule has 0 aliphatic rings. The predicted molar refractivity (Wildman–Crippen MR) is 98.9 cm³/mol. The highest BCUT2D eigenvalue weighted by atomic mass is 35.5. The fourth-order valence-electron chi connectivity index (χ4n) is 2.75. The van der Waals surface area contributed by atoms with Crippen molar-refractivity contribution in [1.82, 2.24) is 18.5 Å². The van der Waals surface area contributed by atoms with Crippen molar-refractivity contribution in [2.24, 2.45) is 14.1 Å². The van der Waals surface area contributed by atoms with Crippen LogP contribution < -0.4 is 16.7 Å². The smallest absolute Gasteiger partial charge is 0.325 e. The van der Waals surface area contributed by atoms with Crippen LogP contribution >= 0.6 is 11.6 Å². The molecule has 8 nitrogen and oxygen atoms in total. The Bertz CT molecular complexity index is 1160. The minimum atomic E-state index is -0.600. The number of aryl methyl sites for hydroxylation is 3. The van der Waals surface area contributed by atoms with Crippen LogP contribution in [0, 0.1) is 13.8 Å². The summed E-state index contributed by atoms with van der Waals surface area (Å²) in [4.78, 5) is 41.0. The number of amides is 1. The third-order valence-corrected chi connectivity index (χ3v) is 4.56. The summed E-state index contributed by atoms with van der Waals surface area (Å²) in [6.45, 7) is 3.82. The van der Waals surface area contributed by atoms with E-state index in [0.29, 0.717) is 5.69 Å². The lowest BCUT2D eigenvalue weighted by atomic mass is 10.1. The van der Waals surface area contributed by atoms with E-state index in [0.717, 1.165) is 15.7 Å². The molecule has 136 valence electrons. The fourth-order valence-corrected chi connectivity index (χ4v) is 2.98. The molecule has 0 aliphatic carbocycles. The molecule has 0 saturated heterocycles. The van der Waals surface area contributed by atoms with Crippen molar-refractivity contribution in [2.45, 2.75) is 20.3 Å². The number of carbonyl (C=O) groups excluding carboxylic acids is 1. The van der Waals surface area contributed by atoms with Crippen LogP contribution in [-0.2, 0) is 25.3 Å². The minimum absolute atomic E-state index is 0.0133. The van der Waals surface area contributed by atoms with Gasteiger partial charge in [0.2, 0.25) is 11.7 Å². The molecule has 0 aliphatic heterocycles. The molecule has 0 fully saturated rings. The molecule has 26 heavy (non-hydrogen) atoms. The number of hydrogen-bond donors (Lipinski definition) is 1. The summed E-state index contributed by atoms with van der Waals surface area (Å²) in [6.07, 6.45) is -0.152. The standard InChI is InChI=1S/C17H18ClN5O3/c1-9-5-6-10(2)11(7-9)19-13(24)8-12-14(18)20-15-21(3)16(25)22(4)17(26)23(12)15/h5-7H,8H2,1-4H3,(H,19,24).